The normalized spacial score (nSPS) is 19.4. The van der Waals surface area contributed by atoms with E-state index in [2.05, 4.69) is 55.4 Å². The molecule has 16 heavy (non-hydrogen) atoms. The smallest absolute Gasteiger partial charge is 0.0244 e. The number of hydrogen-bond donors (Lipinski definition) is 1. The maximum atomic E-state index is 3.41. The molecule has 0 radical (unpaired) electrons. The first-order chi connectivity index (χ1) is 7.76. The molecule has 2 heteroatoms. The highest BCUT2D eigenvalue weighted by Crippen LogP contribution is 2.25. The Morgan fingerprint density at radius 2 is 1.81 bits per heavy atom. The first kappa shape index (κ1) is 11.6. The van der Waals surface area contributed by atoms with Crippen molar-refractivity contribution in [1.82, 2.24) is 10.2 Å². The molecule has 2 rings (SSSR count). The molecule has 2 nitrogen and oxygen atoms in total. The third kappa shape index (κ3) is 2.13. The second-order valence-electron chi connectivity index (χ2n) is 4.72. The second kappa shape index (κ2) is 4.98. The van der Waals surface area contributed by atoms with Gasteiger partial charge in [-0.15, -0.1) is 0 Å². The van der Waals surface area contributed by atoms with Crippen molar-refractivity contribution >= 4 is 0 Å². The summed E-state index contributed by atoms with van der Waals surface area (Å²) in [7, 11) is 2.06. The average molecular weight is 218 g/mol. The molecule has 0 spiro atoms. The van der Waals surface area contributed by atoms with Gasteiger partial charge in [0.1, 0.15) is 0 Å². The SMILES string of the molecule is CCC(NC)C(C)N1Cc2ccccc2C1. The summed E-state index contributed by atoms with van der Waals surface area (Å²) in [5.74, 6) is 0. The minimum Gasteiger partial charge on any atom is -0.315 e. The fourth-order valence-corrected chi connectivity index (χ4v) is 2.69. The topological polar surface area (TPSA) is 15.3 Å². The van der Waals surface area contributed by atoms with Gasteiger partial charge in [-0.1, -0.05) is 31.2 Å². The van der Waals surface area contributed by atoms with Gasteiger partial charge < -0.3 is 5.32 Å². The second-order valence-corrected chi connectivity index (χ2v) is 4.72. The first-order valence-corrected chi connectivity index (χ1v) is 6.24. The van der Waals surface area contributed by atoms with Gasteiger partial charge in [-0.25, -0.2) is 0 Å². The Bertz CT molecular complexity index is 319. The van der Waals surface area contributed by atoms with Crippen LogP contribution in [0.2, 0.25) is 0 Å². The lowest BCUT2D eigenvalue weighted by Gasteiger charge is -2.30. The first-order valence-electron chi connectivity index (χ1n) is 6.24. The molecule has 1 aliphatic rings. The van der Waals surface area contributed by atoms with Crippen molar-refractivity contribution in [3.05, 3.63) is 35.4 Å². The Morgan fingerprint density at radius 3 is 2.25 bits per heavy atom. The van der Waals surface area contributed by atoms with Gasteiger partial charge in [0.2, 0.25) is 0 Å². The molecule has 1 aromatic rings. The van der Waals surface area contributed by atoms with E-state index in [1.54, 1.807) is 0 Å². The van der Waals surface area contributed by atoms with Crippen LogP contribution in [0.4, 0.5) is 0 Å². The standard InChI is InChI=1S/C14H22N2/c1-4-14(15-3)11(2)16-9-12-7-5-6-8-13(12)10-16/h5-8,11,14-15H,4,9-10H2,1-3H3. The van der Waals surface area contributed by atoms with E-state index in [1.807, 2.05) is 0 Å². The molecule has 0 amide bonds. The van der Waals surface area contributed by atoms with Crippen LogP contribution in [-0.2, 0) is 13.1 Å². The maximum absolute atomic E-state index is 3.41. The van der Waals surface area contributed by atoms with Crippen molar-refractivity contribution in [2.75, 3.05) is 7.05 Å². The van der Waals surface area contributed by atoms with E-state index >= 15 is 0 Å². The minimum absolute atomic E-state index is 0.592. The summed E-state index contributed by atoms with van der Waals surface area (Å²) in [6, 6.07) is 9.98. The molecule has 0 saturated carbocycles. The summed E-state index contributed by atoms with van der Waals surface area (Å²) in [6.45, 7) is 6.79. The predicted octanol–water partition coefficient (Wildman–Crippen LogP) is 2.39. The predicted molar refractivity (Wildman–Crippen MR) is 68.3 cm³/mol. The summed E-state index contributed by atoms with van der Waals surface area (Å²) in [6.07, 6.45) is 1.19. The van der Waals surface area contributed by atoms with Gasteiger partial charge in [0.25, 0.3) is 0 Å². The van der Waals surface area contributed by atoms with Crippen molar-refractivity contribution < 1.29 is 0 Å². The van der Waals surface area contributed by atoms with Gasteiger partial charge in [-0.05, 0) is 31.5 Å². The van der Waals surface area contributed by atoms with Crippen molar-refractivity contribution in [3.63, 3.8) is 0 Å². The van der Waals surface area contributed by atoms with Crippen molar-refractivity contribution in [2.24, 2.45) is 0 Å². The molecule has 2 unspecified atom stereocenters. The molecule has 0 bridgehead atoms. The van der Waals surface area contributed by atoms with Crippen molar-refractivity contribution in [1.29, 1.82) is 0 Å². The number of rotatable bonds is 4. The van der Waals surface area contributed by atoms with Crippen molar-refractivity contribution in [3.8, 4) is 0 Å². The van der Waals surface area contributed by atoms with Crippen LogP contribution in [0.25, 0.3) is 0 Å². The molecule has 1 aliphatic heterocycles. The zero-order valence-electron chi connectivity index (χ0n) is 10.5. The summed E-state index contributed by atoms with van der Waals surface area (Å²) in [4.78, 5) is 2.56. The van der Waals surface area contributed by atoms with E-state index in [0.29, 0.717) is 12.1 Å². The largest absolute Gasteiger partial charge is 0.315 e. The van der Waals surface area contributed by atoms with E-state index in [0.717, 1.165) is 13.1 Å². The summed E-state index contributed by atoms with van der Waals surface area (Å²) in [5.41, 5.74) is 3.00. The van der Waals surface area contributed by atoms with Gasteiger partial charge in [-0.3, -0.25) is 4.90 Å². The van der Waals surface area contributed by atoms with Crippen molar-refractivity contribution in [2.45, 2.75) is 45.4 Å². The highest BCUT2D eigenvalue weighted by atomic mass is 15.2. The number of hydrogen-bond acceptors (Lipinski definition) is 2. The van der Waals surface area contributed by atoms with Gasteiger partial charge in [0.15, 0.2) is 0 Å². The molecule has 0 fully saturated rings. The molecule has 88 valence electrons. The fourth-order valence-electron chi connectivity index (χ4n) is 2.69. The van der Waals surface area contributed by atoms with Gasteiger partial charge >= 0.3 is 0 Å². The van der Waals surface area contributed by atoms with Crippen LogP contribution in [0.5, 0.6) is 0 Å². The lowest BCUT2D eigenvalue weighted by Crippen LogP contribution is -2.44. The van der Waals surface area contributed by atoms with Crippen LogP contribution in [0, 0.1) is 0 Å². The number of nitrogens with one attached hydrogen (secondary N) is 1. The Morgan fingerprint density at radius 1 is 1.25 bits per heavy atom. The zero-order chi connectivity index (χ0) is 11.5. The van der Waals surface area contributed by atoms with Crippen LogP contribution in [0.3, 0.4) is 0 Å². The Balaban J connectivity index is 2.05. The molecule has 2 atom stereocenters. The van der Waals surface area contributed by atoms with Crippen LogP contribution in [0.1, 0.15) is 31.4 Å². The maximum Gasteiger partial charge on any atom is 0.0244 e. The third-order valence-electron chi connectivity index (χ3n) is 3.83. The molecule has 0 saturated heterocycles. The minimum atomic E-state index is 0.592. The molecule has 1 aromatic carbocycles. The fraction of sp³-hybridized carbons (Fsp3) is 0.571. The Hall–Kier alpha value is -0.860. The molecular formula is C14H22N2. The van der Waals surface area contributed by atoms with E-state index < -0.39 is 0 Å². The number of benzene rings is 1. The summed E-state index contributed by atoms with van der Waals surface area (Å²) >= 11 is 0. The Kier molecular flexibility index (Phi) is 3.62. The van der Waals surface area contributed by atoms with Gasteiger partial charge in [0, 0.05) is 25.2 Å². The summed E-state index contributed by atoms with van der Waals surface area (Å²) in [5, 5.41) is 3.41. The molecular weight excluding hydrogens is 196 g/mol. The van der Waals surface area contributed by atoms with Gasteiger partial charge in [0.05, 0.1) is 0 Å². The quantitative estimate of drug-likeness (QED) is 0.835. The zero-order valence-corrected chi connectivity index (χ0v) is 10.5. The lowest BCUT2D eigenvalue weighted by atomic mass is 10.1. The van der Waals surface area contributed by atoms with Crippen LogP contribution in [0.15, 0.2) is 24.3 Å². The Labute approximate surface area is 98.7 Å². The highest BCUT2D eigenvalue weighted by Gasteiger charge is 2.26. The number of fused-ring (bicyclic) bond motifs is 1. The monoisotopic (exact) mass is 218 g/mol. The van der Waals surface area contributed by atoms with Crippen LogP contribution < -0.4 is 5.32 Å². The number of likely N-dealkylation sites (N-methyl/N-ethyl adjacent to an activating group) is 1. The average Bonchev–Trinajstić information content (AvgIpc) is 2.74. The van der Waals surface area contributed by atoms with Crippen LogP contribution >= 0.6 is 0 Å². The highest BCUT2D eigenvalue weighted by molar-refractivity contribution is 5.30. The van der Waals surface area contributed by atoms with E-state index in [4.69, 9.17) is 0 Å². The molecule has 0 aliphatic carbocycles. The molecule has 0 aromatic heterocycles. The number of nitrogens with zero attached hydrogens (tertiary/aromatic N) is 1. The molecule has 1 heterocycles. The van der Waals surface area contributed by atoms with E-state index in [9.17, 15) is 0 Å². The van der Waals surface area contributed by atoms with E-state index in [-0.39, 0.29) is 0 Å². The van der Waals surface area contributed by atoms with Crippen LogP contribution in [-0.4, -0.2) is 24.0 Å². The van der Waals surface area contributed by atoms with Gasteiger partial charge in [-0.2, -0.15) is 0 Å². The third-order valence-corrected chi connectivity index (χ3v) is 3.83. The lowest BCUT2D eigenvalue weighted by molar-refractivity contribution is 0.171. The van der Waals surface area contributed by atoms with E-state index in [1.165, 1.54) is 17.5 Å². The summed E-state index contributed by atoms with van der Waals surface area (Å²) < 4.78 is 0. The molecule has 1 N–H and O–H groups in total.